The van der Waals surface area contributed by atoms with Crippen LogP contribution in [0, 0.1) is 5.92 Å². The maximum Gasteiger partial charge on any atom is 0.253 e. The van der Waals surface area contributed by atoms with E-state index in [1.54, 1.807) is 31.4 Å². The van der Waals surface area contributed by atoms with Crippen molar-refractivity contribution >= 4 is 40.5 Å². The highest BCUT2D eigenvalue weighted by Gasteiger charge is 2.31. The van der Waals surface area contributed by atoms with E-state index in [1.807, 2.05) is 35.2 Å². The van der Waals surface area contributed by atoms with Gasteiger partial charge in [-0.2, -0.15) is 0 Å². The van der Waals surface area contributed by atoms with Crippen LogP contribution in [0.25, 0.3) is 16.6 Å². The SMILES string of the molecule is COC1CC(c2ccc(C(=O)N3CCC(CN4CCC(n5ccc6c(NC(=O)CCNC=O)cccc65)CC4)CC3)cc2)CN(C(/C=C(\N)c2ccccc2O)=C(N)N)C1. The van der Waals surface area contributed by atoms with E-state index in [0.29, 0.717) is 60.5 Å². The molecule has 1 aromatic heterocycles. The number of methoxy groups -OCH3 is 1. The molecule has 0 radical (unpaired) electrons. The number of piperidine rings is 3. The second kappa shape index (κ2) is 19.4. The number of carbonyl (C=O) groups excluding carboxylic acids is 3. The number of aromatic nitrogens is 1. The summed E-state index contributed by atoms with van der Waals surface area (Å²) in [6.45, 7) is 6.13. The zero-order valence-corrected chi connectivity index (χ0v) is 34.5. The summed E-state index contributed by atoms with van der Waals surface area (Å²) in [5, 5.41) is 16.9. The zero-order valence-electron chi connectivity index (χ0n) is 34.5. The van der Waals surface area contributed by atoms with E-state index in [9.17, 15) is 19.5 Å². The third-order valence-electron chi connectivity index (χ3n) is 12.5. The molecule has 2 atom stereocenters. The highest BCUT2D eigenvalue weighted by molar-refractivity contribution is 6.01. The second-order valence-corrected chi connectivity index (χ2v) is 16.4. The number of hydrogen-bond donors (Lipinski definition) is 6. The summed E-state index contributed by atoms with van der Waals surface area (Å²) in [6.07, 6.45) is 9.49. The molecule has 14 nitrogen and oxygen atoms in total. The minimum absolute atomic E-state index is 0.0725. The number of rotatable bonds is 14. The molecule has 14 heteroatoms. The van der Waals surface area contributed by atoms with Crippen molar-refractivity contribution < 1.29 is 24.2 Å². The van der Waals surface area contributed by atoms with Crippen molar-refractivity contribution in [2.24, 2.45) is 23.1 Å². The van der Waals surface area contributed by atoms with Gasteiger partial charge in [-0.3, -0.25) is 14.4 Å². The van der Waals surface area contributed by atoms with Crippen LogP contribution in [0.2, 0.25) is 0 Å². The van der Waals surface area contributed by atoms with Crippen LogP contribution in [0.5, 0.6) is 5.75 Å². The van der Waals surface area contributed by atoms with Crippen LogP contribution in [0.15, 0.2) is 96.6 Å². The normalized spacial score (nSPS) is 19.6. The monoisotopic (exact) mass is 817 g/mol. The highest BCUT2D eigenvalue weighted by atomic mass is 16.5. The average molecular weight is 818 g/mol. The molecule has 3 aliphatic rings. The van der Waals surface area contributed by atoms with Crippen LogP contribution in [-0.2, 0) is 14.3 Å². The molecular formula is C46H59N9O5. The summed E-state index contributed by atoms with van der Waals surface area (Å²) in [5.41, 5.74) is 23.9. The number of phenols is 1. The fourth-order valence-electron chi connectivity index (χ4n) is 9.18. The number of nitrogens with one attached hydrogen (secondary N) is 2. The zero-order chi connectivity index (χ0) is 42.2. The molecule has 60 heavy (non-hydrogen) atoms. The molecule has 3 amide bonds. The summed E-state index contributed by atoms with van der Waals surface area (Å²) >= 11 is 0. The molecule has 3 fully saturated rings. The first-order chi connectivity index (χ1) is 29.1. The van der Waals surface area contributed by atoms with Gasteiger partial charge in [-0.05, 0) is 92.1 Å². The topological polar surface area (TPSA) is 197 Å². The molecule has 2 unspecified atom stereocenters. The predicted molar refractivity (Wildman–Crippen MR) is 234 cm³/mol. The molecular weight excluding hydrogens is 759 g/mol. The Balaban J connectivity index is 0.893. The third kappa shape index (κ3) is 9.88. The molecule has 3 aromatic carbocycles. The van der Waals surface area contributed by atoms with Gasteiger partial charge in [0.15, 0.2) is 0 Å². The number of anilines is 1. The predicted octanol–water partition coefficient (Wildman–Crippen LogP) is 4.50. The molecule has 318 valence electrons. The van der Waals surface area contributed by atoms with Crippen molar-refractivity contribution in [1.29, 1.82) is 0 Å². The molecule has 0 aliphatic carbocycles. The van der Waals surface area contributed by atoms with Crippen LogP contribution in [0.4, 0.5) is 5.69 Å². The van der Waals surface area contributed by atoms with Crippen LogP contribution in [0.3, 0.4) is 0 Å². The van der Waals surface area contributed by atoms with E-state index in [4.69, 9.17) is 21.9 Å². The Morgan fingerprint density at radius 3 is 2.33 bits per heavy atom. The van der Waals surface area contributed by atoms with E-state index in [2.05, 4.69) is 55.5 Å². The van der Waals surface area contributed by atoms with Gasteiger partial charge in [0.1, 0.15) is 11.6 Å². The van der Waals surface area contributed by atoms with Crippen LogP contribution < -0.4 is 27.8 Å². The summed E-state index contributed by atoms with van der Waals surface area (Å²) in [5.74, 6) is 0.805. The lowest BCUT2D eigenvalue weighted by Crippen LogP contribution is -2.44. The first-order valence-corrected chi connectivity index (χ1v) is 21.1. The molecule has 3 aliphatic heterocycles. The maximum absolute atomic E-state index is 13.7. The molecule has 0 spiro atoms. The smallest absolute Gasteiger partial charge is 0.253 e. The van der Waals surface area contributed by atoms with Crippen molar-refractivity contribution in [3.8, 4) is 5.75 Å². The Bertz CT molecular complexity index is 2180. The van der Waals surface area contributed by atoms with E-state index < -0.39 is 0 Å². The minimum atomic E-state index is -0.127. The average Bonchev–Trinajstić information content (AvgIpc) is 3.71. The summed E-state index contributed by atoms with van der Waals surface area (Å²) < 4.78 is 8.20. The Morgan fingerprint density at radius 1 is 0.883 bits per heavy atom. The van der Waals surface area contributed by atoms with Crippen molar-refractivity contribution in [1.82, 2.24) is 24.6 Å². The number of likely N-dealkylation sites (tertiary alicyclic amines) is 3. The standard InChI is InChI=1S/C46H59N9O5/c1-60-36-25-34(28-54(29-36)42(45(48)49)26-39(47)37-5-2-3-8-43(37)57)32-9-11-33(12-10-32)46(59)53-22-14-31(15-23-53)27-52-20-16-35(17-21-52)55-24-18-38-40(6-4-7-41(38)55)51-44(58)13-19-50-30-56/h2-12,18,24,26,30-31,34-36,57H,13-17,19-23,25,27-29,47-49H2,1H3,(H,50,56)(H,51,58)/b39-26-. The number of amides is 3. The number of fused-ring (bicyclic) bond motifs is 1. The number of phenolic OH excluding ortho intramolecular Hbond substituents is 1. The molecule has 9 N–H and O–H groups in total. The fraction of sp³-hybridized carbons (Fsp3) is 0.413. The van der Waals surface area contributed by atoms with Crippen molar-refractivity contribution in [3.63, 3.8) is 0 Å². The van der Waals surface area contributed by atoms with Gasteiger partial charge in [0.05, 0.1) is 23.0 Å². The van der Waals surface area contributed by atoms with Gasteiger partial charge in [-0.25, -0.2) is 0 Å². The first-order valence-electron chi connectivity index (χ1n) is 21.1. The van der Waals surface area contributed by atoms with Gasteiger partial charge >= 0.3 is 0 Å². The van der Waals surface area contributed by atoms with Crippen LogP contribution in [-0.4, -0.2) is 108 Å². The number of allylic oxidation sites excluding steroid dienone is 1. The van der Waals surface area contributed by atoms with E-state index in [0.717, 1.165) is 87.0 Å². The number of hydrogen-bond acceptors (Lipinski definition) is 10. The van der Waals surface area contributed by atoms with Gasteiger partial charge in [0, 0.05) is 106 Å². The Hall–Kier alpha value is -5.99. The Kier molecular flexibility index (Phi) is 13.6. The number of benzene rings is 3. The lowest BCUT2D eigenvalue weighted by atomic mass is 9.88. The largest absolute Gasteiger partial charge is 0.507 e. The fourth-order valence-corrected chi connectivity index (χ4v) is 9.18. The van der Waals surface area contributed by atoms with Crippen molar-refractivity contribution in [2.75, 3.05) is 64.8 Å². The molecule has 4 aromatic rings. The van der Waals surface area contributed by atoms with Gasteiger partial charge in [0.2, 0.25) is 12.3 Å². The summed E-state index contributed by atoms with van der Waals surface area (Å²) in [4.78, 5) is 43.3. The Morgan fingerprint density at radius 2 is 1.63 bits per heavy atom. The van der Waals surface area contributed by atoms with E-state index >= 15 is 0 Å². The van der Waals surface area contributed by atoms with Gasteiger partial charge in [-0.1, -0.05) is 30.3 Å². The van der Waals surface area contributed by atoms with Gasteiger partial charge < -0.3 is 56.9 Å². The maximum atomic E-state index is 13.7. The highest BCUT2D eigenvalue weighted by Crippen LogP contribution is 2.34. The van der Waals surface area contributed by atoms with E-state index in [-0.39, 0.29) is 41.8 Å². The van der Waals surface area contributed by atoms with Gasteiger partial charge in [0.25, 0.3) is 5.91 Å². The number of ether oxygens (including phenoxy) is 1. The number of para-hydroxylation sites is 1. The lowest BCUT2D eigenvalue weighted by molar-refractivity contribution is -0.116. The van der Waals surface area contributed by atoms with E-state index in [1.165, 1.54) is 0 Å². The summed E-state index contributed by atoms with van der Waals surface area (Å²) in [7, 11) is 1.70. The number of aromatic hydroxyl groups is 1. The van der Waals surface area contributed by atoms with Crippen LogP contribution in [0.1, 0.15) is 72.0 Å². The number of carbonyl (C=O) groups is 3. The third-order valence-corrected chi connectivity index (χ3v) is 12.5. The van der Waals surface area contributed by atoms with Crippen molar-refractivity contribution in [2.45, 2.75) is 56.6 Å². The molecule has 0 bridgehead atoms. The Labute approximate surface area is 352 Å². The minimum Gasteiger partial charge on any atom is -0.507 e. The van der Waals surface area contributed by atoms with Crippen LogP contribution >= 0.6 is 0 Å². The quantitative estimate of drug-likeness (QED) is 0.0599. The molecule has 4 heterocycles. The van der Waals surface area contributed by atoms with Gasteiger partial charge in [-0.15, -0.1) is 0 Å². The first kappa shape index (κ1) is 42.1. The second-order valence-electron chi connectivity index (χ2n) is 16.4. The molecule has 3 saturated heterocycles. The molecule has 7 rings (SSSR count). The molecule has 0 saturated carbocycles. The number of nitrogens with zero attached hydrogens (tertiary/aromatic N) is 4. The summed E-state index contributed by atoms with van der Waals surface area (Å²) in [6, 6.07) is 23.4. The van der Waals surface area contributed by atoms with Crippen molar-refractivity contribution in [3.05, 3.63) is 113 Å². The lowest BCUT2D eigenvalue weighted by Gasteiger charge is -2.39. The number of nitrogens with two attached hydrogens (primary N) is 3.